The molecule has 1 aliphatic rings. The number of anilines is 1. The van der Waals surface area contributed by atoms with Crippen LogP contribution in [0.5, 0.6) is 0 Å². The average Bonchev–Trinajstić information content (AvgIpc) is 2.78. The van der Waals surface area contributed by atoms with Gasteiger partial charge in [-0.25, -0.2) is 4.39 Å². The molecular weight excluding hydrogens is 365 g/mol. The largest absolute Gasteiger partial charge is 0.394 e. The zero-order valence-corrected chi connectivity index (χ0v) is 16.7. The molecular formula is C24H28FN3O. The highest BCUT2D eigenvalue weighted by Crippen LogP contribution is 2.30. The average molecular weight is 394 g/mol. The summed E-state index contributed by atoms with van der Waals surface area (Å²) in [4.78, 5) is 3.93. The van der Waals surface area contributed by atoms with Crippen LogP contribution in [0.15, 0.2) is 67.0 Å². The summed E-state index contributed by atoms with van der Waals surface area (Å²) in [5.74, 6) is -0.214. The third kappa shape index (κ3) is 6.11. The van der Waals surface area contributed by atoms with Crippen molar-refractivity contribution in [2.45, 2.75) is 32.4 Å². The first-order valence-electron chi connectivity index (χ1n) is 10.1. The number of aliphatic hydroxyl groups is 1. The lowest BCUT2D eigenvalue weighted by molar-refractivity contribution is 0.267. The van der Waals surface area contributed by atoms with Crippen molar-refractivity contribution in [1.29, 1.82) is 0 Å². The minimum Gasteiger partial charge on any atom is -0.394 e. The van der Waals surface area contributed by atoms with E-state index >= 15 is 0 Å². The van der Waals surface area contributed by atoms with Crippen molar-refractivity contribution < 1.29 is 9.50 Å². The molecule has 5 heteroatoms. The van der Waals surface area contributed by atoms with E-state index < -0.39 is 0 Å². The molecule has 0 radical (unpaired) electrons. The highest BCUT2D eigenvalue weighted by atomic mass is 19.1. The molecule has 1 atom stereocenters. The first-order valence-corrected chi connectivity index (χ1v) is 10.1. The van der Waals surface area contributed by atoms with Crippen molar-refractivity contribution in [3.8, 4) is 11.1 Å². The molecule has 0 aliphatic carbocycles. The number of nitrogens with zero attached hydrogens (tertiary/aromatic N) is 1. The van der Waals surface area contributed by atoms with Gasteiger partial charge in [-0.2, -0.15) is 0 Å². The molecule has 152 valence electrons. The summed E-state index contributed by atoms with van der Waals surface area (Å²) in [5.41, 5.74) is 5.52. The van der Waals surface area contributed by atoms with Gasteiger partial charge in [0.05, 0.1) is 6.61 Å². The molecule has 3 N–H and O–H groups in total. The number of aromatic nitrogens is 1. The number of halogens is 1. The maximum absolute atomic E-state index is 13.2. The van der Waals surface area contributed by atoms with Crippen molar-refractivity contribution in [2.24, 2.45) is 0 Å². The fourth-order valence-corrected chi connectivity index (χ4v) is 3.32. The molecule has 3 aromatic rings. The van der Waals surface area contributed by atoms with Crippen molar-refractivity contribution in [2.75, 3.05) is 18.5 Å². The number of hydrogen-bond donors (Lipinski definition) is 3. The Morgan fingerprint density at radius 2 is 1.90 bits per heavy atom. The van der Waals surface area contributed by atoms with Gasteiger partial charge in [-0.3, -0.25) is 4.98 Å². The summed E-state index contributed by atoms with van der Waals surface area (Å²) in [6.07, 6.45) is 5.49. The highest BCUT2D eigenvalue weighted by Gasteiger charge is 2.17. The molecule has 0 bridgehead atoms. The van der Waals surface area contributed by atoms with Gasteiger partial charge in [-0.05, 0) is 78.0 Å². The van der Waals surface area contributed by atoms with E-state index in [0.29, 0.717) is 0 Å². The van der Waals surface area contributed by atoms with E-state index in [2.05, 4.69) is 28.6 Å². The Morgan fingerprint density at radius 1 is 1.10 bits per heavy atom. The molecule has 4 rings (SSSR count). The quantitative estimate of drug-likeness (QED) is 0.601. The Morgan fingerprint density at radius 3 is 2.62 bits per heavy atom. The zero-order valence-electron chi connectivity index (χ0n) is 16.7. The van der Waals surface area contributed by atoms with Crippen LogP contribution < -0.4 is 10.6 Å². The second-order valence-corrected chi connectivity index (χ2v) is 7.08. The van der Waals surface area contributed by atoms with E-state index in [1.165, 1.54) is 17.2 Å². The third-order valence-electron chi connectivity index (χ3n) is 4.93. The number of nitrogens with one attached hydrogen (secondary N) is 2. The summed E-state index contributed by atoms with van der Waals surface area (Å²) in [7, 11) is 0. The van der Waals surface area contributed by atoms with Crippen LogP contribution in [-0.2, 0) is 13.0 Å². The van der Waals surface area contributed by atoms with Crippen LogP contribution in [0.1, 0.15) is 24.5 Å². The molecule has 1 unspecified atom stereocenters. The van der Waals surface area contributed by atoms with Crippen molar-refractivity contribution in [1.82, 2.24) is 10.3 Å². The van der Waals surface area contributed by atoms with Crippen molar-refractivity contribution in [3.05, 3.63) is 83.9 Å². The van der Waals surface area contributed by atoms with Crippen molar-refractivity contribution >= 4 is 5.69 Å². The smallest absolute Gasteiger partial charge is 0.123 e. The minimum absolute atomic E-state index is 0.146. The van der Waals surface area contributed by atoms with Crippen LogP contribution >= 0.6 is 0 Å². The standard InChI is InChI=1S/C16H16FNO.C8H12N2/c17-14-3-1-2-11(9-14)12-5-7-16-13(8-12)4-6-15(10-19)18-16;1-2-9-7-8-3-5-10-6-4-8/h1-3,5,7-9,15,18-19H,4,6,10H2;3-6,9H,2,7H2,1H3. The van der Waals surface area contributed by atoms with Gasteiger partial charge in [0.2, 0.25) is 0 Å². The molecule has 4 nitrogen and oxygen atoms in total. The van der Waals surface area contributed by atoms with Crippen molar-refractivity contribution in [3.63, 3.8) is 0 Å². The van der Waals surface area contributed by atoms with Gasteiger partial charge >= 0.3 is 0 Å². The molecule has 0 amide bonds. The van der Waals surface area contributed by atoms with Crippen LogP contribution in [0.3, 0.4) is 0 Å². The Balaban J connectivity index is 0.000000204. The topological polar surface area (TPSA) is 57.2 Å². The second-order valence-electron chi connectivity index (χ2n) is 7.08. The first-order chi connectivity index (χ1) is 14.2. The van der Waals surface area contributed by atoms with Gasteiger partial charge in [-0.15, -0.1) is 0 Å². The number of fused-ring (bicyclic) bond motifs is 1. The molecule has 0 saturated carbocycles. The lowest BCUT2D eigenvalue weighted by Gasteiger charge is -2.26. The Hall–Kier alpha value is -2.76. The van der Waals surface area contributed by atoms with Gasteiger partial charge in [0.1, 0.15) is 5.82 Å². The lowest BCUT2D eigenvalue weighted by Crippen LogP contribution is -2.28. The number of pyridine rings is 1. The normalized spacial score (nSPS) is 14.9. The van der Waals surface area contributed by atoms with Crippen LogP contribution in [0, 0.1) is 5.82 Å². The predicted octanol–water partition coefficient (Wildman–Crippen LogP) is 4.40. The molecule has 1 aromatic heterocycles. The van der Waals surface area contributed by atoms with Gasteiger partial charge < -0.3 is 15.7 Å². The Bertz CT molecular complexity index is 902. The van der Waals surface area contributed by atoms with E-state index in [-0.39, 0.29) is 18.5 Å². The van der Waals surface area contributed by atoms with Gasteiger partial charge in [0.25, 0.3) is 0 Å². The van der Waals surface area contributed by atoms with Gasteiger partial charge in [-0.1, -0.05) is 25.1 Å². The number of hydrogen-bond acceptors (Lipinski definition) is 4. The molecule has 2 heterocycles. The number of aryl methyl sites for hydroxylation is 1. The monoisotopic (exact) mass is 393 g/mol. The summed E-state index contributed by atoms with van der Waals surface area (Å²) < 4.78 is 13.2. The summed E-state index contributed by atoms with van der Waals surface area (Å²) in [5, 5.41) is 15.7. The van der Waals surface area contributed by atoms with Crippen LogP contribution in [0.25, 0.3) is 11.1 Å². The number of rotatable bonds is 5. The van der Waals surface area contributed by atoms with E-state index in [1.54, 1.807) is 12.1 Å². The SMILES string of the molecule is CCNCc1ccncc1.OCC1CCc2cc(-c3cccc(F)c3)ccc2N1. The first kappa shape index (κ1) is 21.0. The summed E-state index contributed by atoms with van der Waals surface area (Å²) in [6.45, 7) is 4.22. The molecule has 1 aliphatic heterocycles. The maximum Gasteiger partial charge on any atom is 0.123 e. The van der Waals surface area contributed by atoms with Gasteiger partial charge in [0.15, 0.2) is 0 Å². The maximum atomic E-state index is 13.2. The van der Waals surface area contributed by atoms with Gasteiger partial charge in [0, 0.05) is 30.7 Å². The third-order valence-corrected chi connectivity index (χ3v) is 4.93. The highest BCUT2D eigenvalue weighted by molar-refractivity contribution is 5.69. The Labute approximate surface area is 171 Å². The van der Waals surface area contributed by atoms with Crippen LogP contribution in [-0.4, -0.2) is 29.3 Å². The summed E-state index contributed by atoms with van der Waals surface area (Å²) >= 11 is 0. The second kappa shape index (κ2) is 10.7. The fourth-order valence-electron chi connectivity index (χ4n) is 3.32. The minimum atomic E-state index is -0.214. The molecule has 0 saturated heterocycles. The molecule has 0 spiro atoms. The van der Waals surface area contributed by atoms with E-state index in [0.717, 1.165) is 42.7 Å². The number of benzene rings is 2. The summed E-state index contributed by atoms with van der Waals surface area (Å²) in [6, 6.07) is 16.9. The van der Waals surface area contributed by atoms with E-state index in [1.807, 2.05) is 42.7 Å². The lowest BCUT2D eigenvalue weighted by atomic mass is 9.94. The van der Waals surface area contributed by atoms with E-state index in [4.69, 9.17) is 0 Å². The molecule has 2 aromatic carbocycles. The fraction of sp³-hybridized carbons (Fsp3) is 0.292. The van der Waals surface area contributed by atoms with Crippen LogP contribution in [0.2, 0.25) is 0 Å². The zero-order chi connectivity index (χ0) is 20.5. The number of aliphatic hydroxyl groups excluding tert-OH is 1. The van der Waals surface area contributed by atoms with E-state index in [9.17, 15) is 9.50 Å². The predicted molar refractivity (Wildman–Crippen MR) is 116 cm³/mol. The molecule has 0 fully saturated rings. The molecule has 29 heavy (non-hydrogen) atoms. The Kier molecular flexibility index (Phi) is 7.73. The van der Waals surface area contributed by atoms with Crippen LogP contribution in [0.4, 0.5) is 10.1 Å².